The summed E-state index contributed by atoms with van der Waals surface area (Å²) in [6.07, 6.45) is 5.05. The van der Waals surface area contributed by atoms with E-state index in [1.54, 1.807) is 37.6 Å². The average molecular weight is 397 g/mol. The fourth-order valence-corrected chi connectivity index (χ4v) is 4.23. The van der Waals surface area contributed by atoms with Crippen LogP contribution in [-0.2, 0) is 10.3 Å². The van der Waals surface area contributed by atoms with Gasteiger partial charge in [0.25, 0.3) is 11.8 Å². The Balaban J connectivity index is 1.43. The molecular weight excluding hydrogens is 370 g/mol. The number of piperazine rings is 1. The molecule has 1 aromatic heterocycles. The summed E-state index contributed by atoms with van der Waals surface area (Å²) in [5, 5.41) is 7.73. The molecule has 0 spiro atoms. The van der Waals surface area contributed by atoms with Crippen LogP contribution in [-0.4, -0.2) is 77.8 Å². The fraction of sp³-hybridized carbons (Fsp3) is 0.476. The lowest BCUT2D eigenvalue weighted by Gasteiger charge is -2.43. The minimum absolute atomic E-state index is 0.0107. The van der Waals surface area contributed by atoms with Gasteiger partial charge in [-0.2, -0.15) is 5.10 Å². The summed E-state index contributed by atoms with van der Waals surface area (Å²) < 4.78 is 6.98. The predicted octanol–water partition coefficient (Wildman–Crippen LogP) is 0.955. The number of hydrogen-bond donors (Lipinski definition) is 1. The molecule has 0 saturated carbocycles. The zero-order valence-corrected chi connectivity index (χ0v) is 16.7. The highest BCUT2D eigenvalue weighted by Gasteiger charge is 2.45. The lowest BCUT2D eigenvalue weighted by molar-refractivity contribution is -0.144. The topological polar surface area (TPSA) is 79.7 Å². The van der Waals surface area contributed by atoms with Crippen molar-refractivity contribution in [2.24, 2.45) is 0 Å². The van der Waals surface area contributed by atoms with Gasteiger partial charge in [-0.25, -0.2) is 0 Å². The van der Waals surface area contributed by atoms with E-state index < -0.39 is 5.54 Å². The van der Waals surface area contributed by atoms with E-state index in [0.29, 0.717) is 31.7 Å². The van der Waals surface area contributed by atoms with Crippen molar-refractivity contribution in [2.45, 2.75) is 18.4 Å². The number of ether oxygens (including phenoxy) is 1. The van der Waals surface area contributed by atoms with E-state index in [4.69, 9.17) is 4.74 Å². The maximum Gasteiger partial charge on any atom is 0.253 e. The number of benzene rings is 1. The van der Waals surface area contributed by atoms with Crippen LogP contribution in [0.3, 0.4) is 0 Å². The highest BCUT2D eigenvalue weighted by molar-refractivity contribution is 5.94. The molecule has 0 bridgehead atoms. The van der Waals surface area contributed by atoms with Crippen LogP contribution in [0.25, 0.3) is 0 Å². The SMILES string of the molecule is COc1ccc(C(=O)N2CCN(C(=O)C3(n4cccn4)CCNCC3)CC2)cc1. The molecule has 2 saturated heterocycles. The van der Waals surface area contributed by atoms with Crippen LogP contribution in [0.5, 0.6) is 5.75 Å². The molecule has 2 fully saturated rings. The summed E-state index contributed by atoms with van der Waals surface area (Å²) in [6.45, 7) is 3.73. The summed E-state index contributed by atoms with van der Waals surface area (Å²) in [5.74, 6) is 0.825. The van der Waals surface area contributed by atoms with Gasteiger partial charge in [-0.3, -0.25) is 14.3 Å². The van der Waals surface area contributed by atoms with Gasteiger partial charge in [0.1, 0.15) is 11.3 Å². The van der Waals surface area contributed by atoms with E-state index in [1.165, 1.54) is 0 Å². The Kier molecular flexibility index (Phi) is 5.53. The third-order valence-corrected chi connectivity index (χ3v) is 5.96. The third-order valence-electron chi connectivity index (χ3n) is 5.96. The monoisotopic (exact) mass is 397 g/mol. The van der Waals surface area contributed by atoms with Gasteiger partial charge < -0.3 is 19.9 Å². The van der Waals surface area contributed by atoms with Gasteiger partial charge in [0.15, 0.2) is 0 Å². The van der Waals surface area contributed by atoms with Crippen LogP contribution in [0, 0.1) is 0 Å². The Hall–Kier alpha value is -2.87. The van der Waals surface area contributed by atoms with Crippen LogP contribution in [0.4, 0.5) is 0 Å². The summed E-state index contributed by atoms with van der Waals surface area (Å²) in [7, 11) is 1.60. The molecule has 8 heteroatoms. The Morgan fingerprint density at radius 1 is 1.03 bits per heavy atom. The van der Waals surface area contributed by atoms with Gasteiger partial charge in [0.05, 0.1) is 7.11 Å². The van der Waals surface area contributed by atoms with E-state index >= 15 is 0 Å². The molecule has 2 aliphatic heterocycles. The molecule has 2 aliphatic rings. The van der Waals surface area contributed by atoms with Crippen molar-refractivity contribution in [3.05, 3.63) is 48.3 Å². The quantitative estimate of drug-likeness (QED) is 0.831. The van der Waals surface area contributed by atoms with Gasteiger partial charge in [-0.15, -0.1) is 0 Å². The largest absolute Gasteiger partial charge is 0.497 e. The lowest BCUT2D eigenvalue weighted by Crippen LogP contribution is -2.59. The van der Waals surface area contributed by atoms with Gasteiger partial charge >= 0.3 is 0 Å². The van der Waals surface area contributed by atoms with E-state index in [2.05, 4.69) is 10.4 Å². The summed E-state index contributed by atoms with van der Waals surface area (Å²) >= 11 is 0. The first-order valence-corrected chi connectivity index (χ1v) is 10.1. The van der Waals surface area contributed by atoms with Crippen LogP contribution in [0.2, 0.25) is 0 Å². The van der Waals surface area contributed by atoms with Crippen LogP contribution >= 0.6 is 0 Å². The summed E-state index contributed by atoms with van der Waals surface area (Å²) in [4.78, 5) is 30.0. The Labute approximate surface area is 170 Å². The maximum atomic E-state index is 13.5. The van der Waals surface area contributed by atoms with Gasteiger partial charge in [0, 0.05) is 44.1 Å². The van der Waals surface area contributed by atoms with E-state index in [-0.39, 0.29) is 11.8 Å². The molecule has 1 aromatic carbocycles. The molecule has 0 radical (unpaired) electrons. The minimum Gasteiger partial charge on any atom is -0.497 e. The second-order valence-corrected chi connectivity index (χ2v) is 7.55. The zero-order valence-electron chi connectivity index (χ0n) is 16.7. The van der Waals surface area contributed by atoms with E-state index in [1.807, 2.05) is 26.7 Å². The number of hydrogen-bond acceptors (Lipinski definition) is 5. The molecule has 2 aromatic rings. The van der Waals surface area contributed by atoms with Crippen LogP contribution in [0.1, 0.15) is 23.2 Å². The van der Waals surface area contributed by atoms with Gasteiger partial charge in [-0.05, 0) is 56.3 Å². The normalized spacial score (nSPS) is 19.1. The number of aromatic nitrogens is 2. The van der Waals surface area contributed by atoms with Gasteiger partial charge in [-0.1, -0.05) is 0 Å². The number of carbonyl (C=O) groups is 2. The molecule has 2 amide bonds. The summed E-state index contributed by atoms with van der Waals surface area (Å²) in [5.41, 5.74) is 0.00800. The fourth-order valence-electron chi connectivity index (χ4n) is 4.23. The number of amides is 2. The minimum atomic E-state index is -0.628. The predicted molar refractivity (Wildman–Crippen MR) is 108 cm³/mol. The molecule has 0 aliphatic carbocycles. The number of carbonyl (C=O) groups excluding carboxylic acids is 2. The smallest absolute Gasteiger partial charge is 0.253 e. The molecule has 154 valence electrons. The van der Waals surface area contributed by atoms with Crippen molar-refractivity contribution >= 4 is 11.8 Å². The molecule has 4 rings (SSSR count). The molecular formula is C21H27N5O3. The van der Waals surface area contributed by atoms with Crippen LogP contribution < -0.4 is 10.1 Å². The molecule has 0 unspecified atom stereocenters. The van der Waals surface area contributed by atoms with Gasteiger partial charge in [0.2, 0.25) is 0 Å². The number of nitrogens with one attached hydrogen (secondary N) is 1. The molecule has 1 N–H and O–H groups in total. The Bertz CT molecular complexity index is 836. The van der Waals surface area contributed by atoms with Crippen LogP contribution in [0.15, 0.2) is 42.7 Å². The van der Waals surface area contributed by atoms with Crippen molar-refractivity contribution in [3.8, 4) is 5.75 Å². The average Bonchev–Trinajstić information content (AvgIpc) is 3.34. The summed E-state index contributed by atoms with van der Waals surface area (Å²) in [6, 6.07) is 9.00. The zero-order chi connectivity index (χ0) is 20.3. The standard InChI is InChI=1S/C21H27N5O3/c1-29-18-5-3-17(4-6-18)19(27)24-13-15-25(16-14-24)20(28)21(7-10-22-11-8-21)26-12-2-9-23-26/h2-6,9,12,22H,7-8,10-11,13-16H2,1H3. The van der Waals surface area contributed by atoms with Crippen molar-refractivity contribution in [3.63, 3.8) is 0 Å². The molecule has 29 heavy (non-hydrogen) atoms. The number of piperidine rings is 1. The maximum absolute atomic E-state index is 13.5. The molecule has 0 atom stereocenters. The third kappa shape index (κ3) is 3.72. The first-order valence-electron chi connectivity index (χ1n) is 10.1. The van der Waals surface area contributed by atoms with Crippen molar-refractivity contribution in [1.29, 1.82) is 0 Å². The van der Waals surface area contributed by atoms with Crippen molar-refractivity contribution in [2.75, 3.05) is 46.4 Å². The second-order valence-electron chi connectivity index (χ2n) is 7.55. The molecule has 8 nitrogen and oxygen atoms in total. The highest BCUT2D eigenvalue weighted by Crippen LogP contribution is 2.30. The van der Waals surface area contributed by atoms with E-state index in [0.717, 1.165) is 31.7 Å². The Morgan fingerprint density at radius 3 is 2.28 bits per heavy atom. The van der Waals surface area contributed by atoms with Crippen molar-refractivity contribution in [1.82, 2.24) is 24.9 Å². The first kappa shape index (κ1) is 19.4. The van der Waals surface area contributed by atoms with E-state index in [9.17, 15) is 9.59 Å². The number of rotatable bonds is 4. The first-order chi connectivity index (χ1) is 14.1. The number of methoxy groups -OCH3 is 1. The second kappa shape index (κ2) is 8.24. The highest BCUT2D eigenvalue weighted by atomic mass is 16.5. The number of nitrogens with zero attached hydrogens (tertiary/aromatic N) is 4. The lowest BCUT2D eigenvalue weighted by atomic mass is 9.86. The Morgan fingerprint density at radius 2 is 1.69 bits per heavy atom. The molecule has 3 heterocycles. The van der Waals surface area contributed by atoms with Crippen molar-refractivity contribution < 1.29 is 14.3 Å².